The highest BCUT2D eigenvalue weighted by molar-refractivity contribution is 5.73. The normalized spacial score (nSPS) is 15.3. The van der Waals surface area contributed by atoms with Gasteiger partial charge in [-0.25, -0.2) is 0 Å². The molecule has 1 saturated heterocycles. The summed E-state index contributed by atoms with van der Waals surface area (Å²) in [5, 5.41) is 0. The summed E-state index contributed by atoms with van der Waals surface area (Å²) >= 11 is 0. The first-order valence-electron chi connectivity index (χ1n) is 7.99. The Hall–Kier alpha value is -1.51. The molecule has 21 heavy (non-hydrogen) atoms. The number of hydrogen-bond acceptors (Lipinski definition) is 2. The molecule has 0 saturated carbocycles. The lowest BCUT2D eigenvalue weighted by atomic mass is 9.87. The van der Waals surface area contributed by atoms with E-state index in [2.05, 4.69) is 49.9 Å². The van der Waals surface area contributed by atoms with Crippen molar-refractivity contribution in [2.24, 2.45) is 0 Å². The standard InChI is InChI=1S/C16H24N2O.C2H6/c1-13(19)17-8-10-18(11-9-17)15-7-5-6-14(12-15)16(2,3)4;1-2/h5-7,12H,8-11H2,1-4H3;1-2H3. The molecule has 0 radical (unpaired) electrons. The van der Waals surface area contributed by atoms with Crippen LogP contribution in [0.25, 0.3) is 0 Å². The monoisotopic (exact) mass is 290 g/mol. The van der Waals surface area contributed by atoms with Crippen LogP contribution in [0.15, 0.2) is 24.3 Å². The molecule has 1 amide bonds. The van der Waals surface area contributed by atoms with Crippen LogP contribution in [0.1, 0.15) is 47.1 Å². The number of piperazine rings is 1. The summed E-state index contributed by atoms with van der Waals surface area (Å²) in [6, 6.07) is 8.77. The molecule has 0 aliphatic carbocycles. The smallest absolute Gasteiger partial charge is 0.219 e. The molecule has 2 rings (SSSR count). The lowest BCUT2D eigenvalue weighted by molar-refractivity contribution is -0.129. The molecule has 1 aliphatic heterocycles. The maximum Gasteiger partial charge on any atom is 0.219 e. The van der Waals surface area contributed by atoms with E-state index in [4.69, 9.17) is 0 Å². The highest BCUT2D eigenvalue weighted by Gasteiger charge is 2.20. The Labute approximate surface area is 129 Å². The van der Waals surface area contributed by atoms with E-state index in [0.717, 1.165) is 26.2 Å². The minimum atomic E-state index is 0.178. The first-order chi connectivity index (χ1) is 9.88. The molecule has 1 fully saturated rings. The summed E-state index contributed by atoms with van der Waals surface area (Å²) in [7, 11) is 0. The van der Waals surface area contributed by atoms with Gasteiger partial charge in [0.1, 0.15) is 0 Å². The molecular formula is C18H30N2O. The van der Waals surface area contributed by atoms with Crippen molar-refractivity contribution in [3.05, 3.63) is 29.8 Å². The lowest BCUT2D eigenvalue weighted by Gasteiger charge is -2.36. The van der Waals surface area contributed by atoms with Crippen LogP contribution >= 0.6 is 0 Å². The molecule has 0 spiro atoms. The van der Waals surface area contributed by atoms with Crippen LogP contribution < -0.4 is 4.90 Å². The van der Waals surface area contributed by atoms with Crippen molar-refractivity contribution in [1.29, 1.82) is 0 Å². The summed E-state index contributed by atoms with van der Waals surface area (Å²) in [4.78, 5) is 15.6. The molecular weight excluding hydrogens is 260 g/mol. The maximum absolute atomic E-state index is 11.3. The van der Waals surface area contributed by atoms with E-state index in [1.807, 2.05) is 18.7 Å². The quantitative estimate of drug-likeness (QED) is 0.787. The van der Waals surface area contributed by atoms with Crippen LogP contribution in [0.3, 0.4) is 0 Å². The van der Waals surface area contributed by atoms with Crippen molar-refractivity contribution in [3.8, 4) is 0 Å². The first-order valence-corrected chi connectivity index (χ1v) is 7.99. The highest BCUT2D eigenvalue weighted by atomic mass is 16.2. The zero-order valence-corrected chi connectivity index (χ0v) is 14.4. The fourth-order valence-corrected chi connectivity index (χ4v) is 2.45. The lowest BCUT2D eigenvalue weighted by Crippen LogP contribution is -2.48. The summed E-state index contributed by atoms with van der Waals surface area (Å²) in [6.45, 7) is 15.9. The number of benzene rings is 1. The summed E-state index contributed by atoms with van der Waals surface area (Å²) in [6.07, 6.45) is 0. The predicted molar refractivity (Wildman–Crippen MR) is 91.0 cm³/mol. The fraction of sp³-hybridized carbons (Fsp3) is 0.611. The van der Waals surface area contributed by atoms with Crippen LogP contribution in [0.2, 0.25) is 0 Å². The Bertz CT molecular complexity index is 455. The van der Waals surface area contributed by atoms with Gasteiger partial charge in [-0.15, -0.1) is 0 Å². The van der Waals surface area contributed by atoms with Gasteiger partial charge < -0.3 is 9.80 Å². The van der Waals surface area contributed by atoms with Gasteiger partial charge in [0.2, 0.25) is 5.91 Å². The highest BCUT2D eigenvalue weighted by Crippen LogP contribution is 2.26. The molecule has 3 heteroatoms. The molecule has 0 unspecified atom stereocenters. The van der Waals surface area contributed by atoms with Crippen molar-refractivity contribution in [2.45, 2.75) is 47.0 Å². The van der Waals surface area contributed by atoms with Crippen LogP contribution in [-0.4, -0.2) is 37.0 Å². The van der Waals surface area contributed by atoms with Crippen molar-refractivity contribution in [2.75, 3.05) is 31.1 Å². The number of rotatable bonds is 1. The third-order valence-corrected chi connectivity index (χ3v) is 3.80. The Kier molecular flexibility index (Phi) is 6.25. The Balaban J connectivity index is 0.00000106. The van der Waals surface area contributed by atoms with Crippen LogP contribution in [0, 0.1) is 0 Å². The molecule has 0 N–H and O–H groups in total. The second-order valence-electron chi connectivity index (χ2n) is 6.29. The van der Waals surface area contributed by atoms with Crippen molar-refractivity contribution >= 4 is 11.6 Å². The van der Waals surface area contributed by atoms with Crippen LogP contribution in [0.4, 0.5) is 5.69 Å². The van der Waals surface area contributed by atoms with Gasteiger partial charge in [0, 0.05) is 38.8 Å². The SMILES string of the molecule is CC.CC(=O)N1CCN(c2cccc(C(C)(C)C)c2)CC1. The average Bonchev–Trinajstić information content (AvgIpc) is 2.49. The molecule has 1 heterocycles. The Morgan fingerprint density at radius 3 is 2.10 bits per heavy atom. The zero-order valence-electron chi connectivity index (χ0n) is 14.4. The van der Waals surface area contributed by atoms with Gasteiger partial charge in [-0.1, -0.05) is 46.8 Å². The van der Waals surface area contributed by atoms with E-state index in [1.54, 1.807) is 6.92 Å². The predicted octanol–water partition coefficient (Wildman–Crippen LogP) is 3.68. The summed E-state index contributed by atoms with van der Waals surface area (Å²) < 4.78 is 0. The van der Waals surface area contributed by atoms with Crippen molar-refractivity contribution in [3.63, 3.8) is 0 Å². The van der Waals surface area contributed by atoms with E-state index >= 15 is 0 Å². The molecule has 1 aromatic rings. The van der Waals surface area contributed by atoms with Gasteiger partial charge in [0.15, 0.2) is 0 Å². The van der Waals surface area contributed by atoms with E-state index in [9.17, 15) is 4.79 Å². The zero-order chi connectivity index (χ0) is 16.0. The number of amides is 1. The van der Waals surface area contributed by atoms with Crippen LogP contribution in [0.5, 0.6) is 0 Å². The molecule has 1 aliphatic rings. The first kappa shape index (κ1) is 17.5. The molecule has 1 aromatic carbocycles. The summed E-state index contributed by atoms with van der Waals surface area (Å²) in [5.41, 5.74) is 2.81. The van der Waals surface area contributed by atoms with Crippen molar-refractivity contribution in [1.82, 2.24) is 4.90 Å². The minimum Gasteiger partial charge on any atom is -0.368 e. The molecule has 0 atom stereocenters. The molecule has 0 aromatic heterocycles. The van der Waals surface area contributed by atoms with E-state index in [0.29, 0.717) is 0 Å². The molecule has 3 nitrogen and oxygen atoms in total. The Morgan fingerprint density at radius 2 is 1.62 bits per heavy atom. The Morgan fingerprint density at radius 1 is 1.05 bits per heavy atom. The summed E-state index contributed by atoms with van der Waals surface area (Å²) in [5.74, 6) is 0.183. The largest absolute Gasteiger partial charge is 0.368 e. The molecule has 118 valence electrons. The number of nitrogens with zero attached hydrogens (tertiary/aromatic N) is 2. The third-order valence-electron chi connectivity index (χ3n) is 3.80. The van der Waals surface area contributed by atoms with Gasteiger partial charge in [-0.2, -0.15) is 0 Å². The van der Waals surface area contributed by atoms with Gasteiger partial charge in [-0.05, 0) is 23.1 Å². The van der Waals surface area contributed by atoms with Gasteiger partial charge >= 0.3 is 0 Å². The number of hydrogen-bond donors (Lipinski definition) is 0. The number of anilines is 1. The van der Waals surface area contributed by atoms with Crippen molar-refractivity contribution < 1.29 is 4.79 Å². The maximum atomic E-state index is 11.3. The van der Waals surface area contributed by atoms with E-state index in [1.165, 1.54) is 11.3 Å². The van der Waals surface area contributed by atoms with Crippen LogP contribution in [-0.2, 0) is 10.2 Å². The fourth-order valence-electron chi connectivity index (χ4n) is 2.45. The number of carbonyl (C=O) groups is 1. The van der Waals surface area contributed by atoms with Gasteiger partial charge in [0.25, 0.3) is 0 Å². The van der Waals surface area contributed by atoms with Gasteiger partial charge in [-0.3, -0.25) is 4.79 Å². The topological polar surface area (TPSA) is 23.6 Å². The average molecular weight is 290 g/mol. The minimum absolute atomic E-state index is 0.178. The van der Waals surface area contributed by atoms with Gasteiger partial charge in [0.05, 0.1) is 0 Å². The third kappa shape index (κ3) is 4.76. The number of carbonyl (C=O) groups excluding carboxylic acids is 1. The molecule has 0 bridgehead atoms. The second kappa shape index (κ2) is 7.48. The van der Waals surface area contributed by atoms with E-state index < -0.39 is 0 Å². The van der Waals surface area contributed by atoms with E-state index in [-0.39, 0.29) is 11.3 Å². The second-order valence-corrected chi connectivity index (χ2v) is 6.29.